The van der Waals surface area contributed by atoms with Crippen molar-refractivity contribution in [1.29, 1.82) is 0 Å². The Morgan fingerprint density at radius 2 is 2.05 bits per heavy atom. The number of rotatable bonds is 7. The molecule has 2 aromatic rings. The molecule has 102 valence electrons. The first-order chi connectivity index (χ1) is 9.33. The minimum atomic E-state index is 0.312. The van der Waals surface area contributed by atoms with E-state index in [4.69, 9.17) is 4.74 Å². The molecule has 1 N–H and O–H groups in total. The molecule has 0 spiro atoms. The fourth-order valence-corrected chi connectivity index (χ4v) is 2.71. The van der Waals surface area contributed by atoms with Gasteiger partial charge in [0.25, 0.3) is 0 Å². The number of hydrogen-bond acceptors (Lipinski definition) is 4. The van der Waals surface area contributed by atoms with Crippen LogP contribution in [0.3, 0.4) is 0 Å². The highest BCUT2D eigenvalue weighted by Crippen LogP contribution is 2.22. The van der Waals surface area contributed by atoms with Gasteiger partial charge in [-0.15, -0.1) is 11.3 Å². The molecule has 0 aliphatic carbocycles. The van der Waals surface area contributed by atoms with Gasteiger partial charge < -0.3 is 10.1 Å². The summed E-state index contributed by atoms with van der Waals surface area (Å²) in [5.74, 6) is 0.927. The van der Waals surface area contributed by atoms with Crippen LogP contribution in [0.25, 0.3) is 0 Å². The Hall–Kier alpha value is -1.39. The zero-order chi connectivity index (χ0) is 13.5. The topological polar surface area (TPSA) is 34.2 Å². The molecule has 0 bridgehead atoms. The SMILES string of the molecule is CCNC(Cc1nccs1)c1ccc(OCC)cc1. The quantitative estimate of drug-likeness (QED) is 0.841. The molecule has 0 radical (unpaired) electrons. The standard InChI is InChI=1S/C15H20N2OS/c1-3-16-14(11-15-17-9-10-19-15)12-5-7-13(8-6-12)18-4-2/h5-10,14,16H,3-4,11H2,1-2H3. The molecule has 1 heterocycles. The summed E-state index contributed by atoms with van der Waals surface area (Å²) >= 11 is 1.71. The number of benzene rings is 1. The highest BCUT2D eigenvalue weighted by Gasteiger charge is 2.12. The van der Waals surface area contributed by atoms with Crippen LogP contribution in [0.4, 0.5) is 0 Å². The molecule has 1 atom stereocenters. The van der Waals surface area contributed by atoms with Crippen molar-refractivity contribution in [2.24, 2.45) is 0 Å². The summed E-state index contributed by atoms with van der Waals surface area (Å²) in [5.41, 5.74) is 1.28. The van der Waals surface area contributed by atoms with Gasteiger partial charge >= 0.3 is 0 Å². The summed E-state index contributed by atoms with van der Waals surface area (Å²) in [6.45, 7) is 5.78. The van der Waals surface area contributed by atoms with Gasteiger partial charge in [0.2, 0.25) is 0 Å². The lowest BCUT2D eigenvalue weighted by Gasteiger charge is -2.17. The molecule has 1 unspecified atom stereocenters. The molecule has 0 amide bonds. The smallest absolute Gasteiger partial charge is 0.119 e. The first kappa shape index (κ1) is 14.0. The van der Waals surface area contributed by atoms with Crippen molar-refractivity contribution < 1.29 is 4.74 Å². The molecule has 0 saturated heterocycles. The summed E-state index contributed by atoms with van der Waals surface area (Å²) in [5, 5.41) is 6.71. The van der Waals surface area contributed by atoms with E-state index in [-0.39, 0.29) is 0 Å². The van der Waals surface area contributed by atoms with Crippen molar-refractivity contribution in [1.82, 2.24) is 10.3 Å². The van der Waals surface area contributed by atoms with E-state index in [1.54, 1.807) is 11.3 Å². The molecule has 0 fully saturated rings. The number of thiazole rings is 1. The summed E-state index contributed by atoms with van der Waals surface area (Å²) in [6, 6.07) is 8.64. The van der Waals surface area contributed by atoms with Crippen LogP contribution in [0.2, 0.25) is 0 Å². The molecule has 19 heavy (non-hydrogen) atoms. The van der Waals surface area contributed by atoms with Gasteiger partial charge in [0, 0.05) is 24.0 Å². The highest BCUT2D eigenvalue weighted by atomic mass is 32.1. The summed E-state index contributed by atoms with van der Waals surface area (Å²) in [4.78, 5) is 4.36. The highest BCUT2D eigenvalue weighted by molar-refractivity contribution is 7.09. The van der Waals surface area contributed by atoms with Gasteiger partial charge in [-0.1, -0.05) is 19.1 Å². The first-order valence-electron chi connectivity index (χ1n) is 6.68. The van der Waals surface area contributed by atoms with Gasteiger partial charge in [-0.05, 0) is 31.2 Å². The van der Waals surface area contributed by atoms with Crippen molar-refractivity contribution >= 4 is 11.3 Å². The molecular formula is C15H20N2OS. The maximum absolute atomic E-state index is 5.48. The largest absolute Gasteiger partial charge is 0.494 e. The predicted molar refractivity (Wildman–Crippen MR) is 79.8 cm³/mol. The van der Waals surface area contributed by atoms with Crippen molar-refractivity contribution in [3.63, 3.8) is 0 Å². The average Bonchev–Trinajstić information content (AvgIpc) is 2.93. The lowest BCUT2D eigenvalue weighted by Crippen LogP contribution is -2.22. The summed E-state index contributed by atoms with van der Waals surface area (Å²) < 4.78 is 5.48. The van der Waals surface area contributed by atoms with Crippen molar-refractivity contribution in [2.75, 3.05) is 13.2 Å². The van der Waals surface area contributed by atoms with Crippen LogP contribution in [-0.2, 0) is 6.42 Å². The number of hydrogen-bond donors (Lipinski definition) is 1. The Labute approximate surface area is 118 Å². The predicted octanol–water partition coefficient (Wildman–Crippen LogP) is 3.44. The van der Waals surface area contributed by atoms with Crippen molar-refractivity contribution in [3.8, 4) is 5.75 Å². The normalized spacial score (nSPS) is 12.3. The van der Waals surface area contributed by atoms with E-state index in [1.807, 2.05) is 30.6 Å². The summed E-state index contributed by atoms with van der Waals surface area (Å²) in [7, 11) is 0. The molecule has 1 aromatic heterocycles. The van der Waals surface area contributed by atoms with Crippen LogP contribution in [0, 0.1) is 0 Å². The van der Waals surface area contributed by atoms with Crippen LogP contribution >= 0.6 is 11.3 Å². The zero-order valence-electron chi connectivity index (χ0n) is 11.4. The maximum atomic E-state index is 5.48. The van der Waals surface area contributed by atoms with Crippen molar-refractivity contribution in [3.05, 3.63) is 46.4 Å². The Morgan fingerprint density at radius 3 is 2.63 bits per heavy atom. The second kappa shape index (κ2) is 7.26. The fraction of sp³-hybridized carbons (Fsp3) is 0.400. The van der Waals surface area contributed by atoms with Crippen LogP contribution in [0.15, 0.2) is 35.8 Å². The van der Waals surface area contributed by atoms with Crippen LogP contribution in [0.1, 0.15) is 30.5 Å². The number of nitrogens with zero attached hydrogens (tertiary/aromatic N) is 1. The van der Waals surface area contributed by atoms with E-state index >= 15 is 0 Å². The molecule has 3 nitrogen and oxygen atoms in total. The fourth-order valence-electron chi connectivity index (χ4n) is 2.05. The Kier molecular flexibility index (Phi) is 5.36. The van der Waals surface area contributed by atoms with E-state index in [0.717, 1.165) is 18.7 Å². The third-order valence-corrected chi connectivity index (χ3v) is 3.71. The molecule has 0 aliphatic rings. The Bertz CT molecular complexity index is 467. The number of aromatic nitrogens is 1. The number of ether oxygens (including phenoxy) is 1. The number of likely N-dealkylation sites (N-methyl/N-ethyl adjacent to an activating group) is 1. The van der Waals surface area contributed by atoms with Gasteiger partial charge in [0.1, 0.15) is 5.75 Å². The zero-order valence-corrected chi connectivity index (χ0v) is 12.2. The second-order valence-electron chi connectivity index (χ2n) is 4.24. The van der Waals surface area contributed by atoms with Gasteiger partial charge in [-0.25, -0.2) is 4.98 Å². The monoisotopic (exact) mass is 276 g/mol. The van der Waals surface area contributed by atoms with Crippen LogP contribution in [0.5, 0.6) is 5.75 Å². The molecule has 4 heteroatoms. The van der Waals surface area contributed by atoms with Gasteiger partial charge in [0.05, 0.1) is 11.6 Å². The minimum absolute atomic E-state index is 0.312. The van der Waals surface area contributed by atoms with E-state index in [0.29, 0.717) is 12.6 Å². The Balaban J connectivity index is 2.09. The van der Waals surface area contributed by atoms with Crippen molar-refractivity contribution in [2.45, 2.75) is 26.3 Å². The third-order valence-electron chi connectivity index (χ3n) is 2.91. The van der Waals surface area contributed by atoms with E-state index in [9.17, 15) is 0 Å². The second-order valence-corrected chi connectivity index (χ2v) is 5.22. The maximum Gasteiger partial charge on any atom is 0.119 e. The first-order valence-corrected chi connectivity index (χ1v) is 7.56. The Morgan fingerprint density at radius 1 is 1.26 bits per heavy atom. The lowest BCUT2D eigenvalue weighted by atomic mass is 10.0. The molecule has 0 aliphatic heterocycles. The van der Waals surface area contributed by atoms with Crippen LogP contribution in [-0.4, -0.2) is 18.1 Å². The van der Waals surface area contributed by atoms with Gasteiger partial charge in [-0.3, -0.25) is 0 Å². The number of nitrogens with one attached hydrogen (secondary N) is 1. The molecule has 1 aromatic carbocycles. The average molecular weight is 276 g/mol. The molecule has 2 rings (SSSR count). The summed E-state index contributed by atoms with van der Waals surface area (Å²) in [6.07, 6.45) is 2.79. The van der Waals surface area contributed by atoms with E-state index in [1.165, 1.54) is 10.6 Å². The molecule has 0 saturated carbocycles. The van der Waals surface area contributed by atoms with E-state index < -0.39 is 0 Å². The minimum Gasteiger partial charge on any atom is -0.494 e. The molecular weight excluding hydrogens is 256 g/mol. The van der Waals surface area contributed by atoms with E-state index in [2.05, 4.69) is 29.4 Å². The van der Waals surface area contributed by atoms with Gasteiger partial charge in [-0.2, -0.15) is 0 Å². The van der Waals surface area contributed by atoms with Gasteiger partial charge in [0.15, 0.2) is 0 Å². The van der Waals surface area contributed by atoms with Crippen LogP contribution < -0.4 is 10.1 Å². The third kappa shape index (κ3) is 4.04. The lowest BCUT2D eigenvalue weighted by molar-refractivity contribution is 0.340.